The number of morpholine rings is 2. The maximum absolute atomic E-state index is 12.7. The van der Waals surface area contributed by atoms with Crippen molar-refractivity contribution in [3.63, 3.8) is 0 Å². The molecule has 6 aromatic carbocycles. The number of ether oxygens (including phenoxy) is 2. The first kappa shape index (κ1) is 84.7. The standard InChI is InChI=1S/C29H34N4O3S.C28H34N4O4S2.C27H32N4O3S2/c1-3-25(34)19-32-29(35)26(18-30)20(2)27-8-9-28(37-27)23-5-4-22-17-24(7-6-21(22)16-23)31-10-11-33-12-14-36-15-13-33;1-3-25(33)19-31-38(34,35)28(18-29)20(2)26-8-9-27(37-26)23-5-4-22-17-24(7-6-21(22)16-23)30-10-11-32-12-14-36-15-13-32;1-4-24(32)18-29-36(33,34)27(17-28)19(2)25-9-10-26(35-25)22-6-5-21-16-23(8-7-20(21)15-22)31-13-11-30(3)12-14-31/h4-9,16-17,25,31,34H,3,10-15,19H2,1-2H3,(H,32,35);4-9,16-17,25,30-31,33H,3,10-15,19H2,1-2H3;5-10,15-16,24,29,32H,4,11-14,18H2,1-3H3/b26-20+;28-20+;27-19+. The average molecular weight is 1600 g/mol. The van der Waals surface area contributed by atoms with Crippen LogP contribution in [0.1, 0.15) is 75.4 Å². The molecule has 0 spiro atoms. The minimum atomic E-state index is -4.03. The van der Waals surface area contributed by atoms with Gasteiger partial charge in [-0.25, -0.2) is 26.3 Å². The molecule has 3 saturated heterocycles. The highest BCUT2D eigenvalue weighted by molar-refractivity contribution is 7.94. The Kier molecular flexibility index (Phi) is 31.0. The van der Waals surface area contributed by atoms with Gasteiger partial charge in [0.15, 0.2) is 9.81 Å². The fourth-order valence-corrected chi connectivity index (χ4v) is 18.3. The number of likely N-dealkylation sites (N-methyl/N-ethyl adjacent to an activating group) is 1. The minimum Gasteiger partial charge on any atom is -0.392 e. The number of fused-ring (bicyclic) bond motifs is 3. The Morgan fingerprint density at radius 3 is 1.23 bits per heavy atom. The van der Waals surface area contributed by atoms with Crippen LogP contribution in [0, 0.1) is 34.0 Å². The van der Waals surface area contributed by atoms with Crippen molar-refractivity contribution in [3.8, 4) is 49.5 Å². The quantitative estimate of drug-likeness (QED) is 0.0160. The van der Waals surface area contributed by atoms with E-state index in [1.165, 1.54) is 39.1 Å². The molecule has 586 valence electrons. The zero-order valence-corrected chi connectivity index (χ0v) is 68.1. The van der Waals surface area contributed by atoms with E-state index in [1.807, 2.05) is 61.5 Å². The van der Waals surface area contributed by atoms with Crippen molar-refractivity contribution in [2.24, 2.45) is 0 Å². The number of nitriles is 3. The third-order valence-electron chi connectivity index (χ3n) is 19.9. The van der Waals surface area contributed by atoms with Gasteiger partial charge in [0.05, 0.1) is 44.7 Å². The Morgan fingerprint density at radius 2 is 0.838 bits per heavy atom. The molecule has 3 atom stereocenters. The molecule has 0 bridgehead atoms. The minimum absolute atomic E-state index is 0.0730. The number of anilines is 3. The number of hydrogen-bond acceptors (Lipinski definition) is 22. The van der Waals surface area contributed by atoms with Gasteiger partial charge in [0.2, 0.25) is 0 Å². The predicted octanol–water partition coefficient (Wildman–Crippen LogP) is 13.0. The van der Waals surface area contributed by atoms with Crippen molar-refractivity contribution in [3.05, 3.63) is 176 Å². The van der Waals surface area contributed by atoms with Gasteiger partial charge in [-0.3, -0.25) is 14.6 Å². The molecule has 6 heterocycles. The van der Waals surface area contributed by atoms with Gasteiger partial charge in [0.1, 0.15) is 23.8 Å². The molecule has 12 rings (SSSR count). The maximum atomic E-state index is 12.7. The lowest BCUT2D eigenvalue weighted by molar-refractivity contribution is -0.117. The Labute approximate surface area is 664 Å². The van der Waals surface area contributed by atoms with E-state index >= 15 is 0 Å². The van der Waals surface area contributed by atoms with Gasteiger partial charge < -0.3 is 50.5 Å². The summed E-state index contributed by atoms with van der Waals surface area (Å²) in [4.78, 5) is 26.8. The second-order valence-electron chi connectivity index (χ2n) is 27.7. The molecule has 1 amide bonds. The lowest BCUT2D eigenvalue weighted by Gasteiger charge is -2.34. The number of carbonyl (C=O) groups excluding carboxylic acids is 1. The number of sulfonamides is 2. The lowest BCUT2D eigenvalue weighted by Crippen LogP contribution is -2.44. The predicted molar refractivity (Wildman–Crippen MR) is 453 cm³/mol. The fraction of sp³-hybridized carbons (Fsp3) is 0.381. The number of carbonyl (C=O) groups is 1. The van der Waals surface area contributed by atoms with Gasteiger partial charge >= 0.3 is 0 Å². The van der Waals surface area contributed by atoms with E-state index < -0.39 is 44.3 Å². The molecule has 27 heteroatoms. The molecule has 111 heavy (non-hydrogen) atoms. The first-order valence-corrected chi connectivity index (χ1v) is 43.0. The smallest absolute Gasteiger partial charge is 0.262 e. The zero-order chi connectivity index (χ0) is 79.2. The van der Waals surface area contributed by atoms with Crippen LogP contribution in [-0.4, -0.2) is 203 Å². The van der Waals surface area contributed by atoms with Crippen LogP contribution >= 0.6 is 34.0 Å². The van der Waals surface area contributed by atoms with Crippen LogP contribution in [-0.2, 0) is 34.3 Å². The molecule has 3 unspecified atom stereocenters. The summed E-state index contributed by atoms with van der Waals surface area (Å²) >= 11 is 4.45. The van der Waals surface area contributed by atoms with Crippen molar-refractivity contribution in [1.29, 1.82) is 15.8 Å². The summed E-state index contributed by atoms with van der Waals surface area (Å²) in [6, 6.07) is 55.7. The molecule has 0 radical (unpaired) electrons. The molecule has 22 nitrogen and oxygen atoms in total. The van der Waals surface area contributed by atoms with Gasteiger partial charge in [-0.2, -0.15) is 15.8 Å². The highest BCUT2D eigenvalue weighted by Gasteiger charge is 2.26. The summed E-state index contributed by atoms with van der Waals surface area (Å²) in [5.74, 6) is -0.456. The number of amides is 1. The number of nitrogens with zero attached hydrogens (tertiary/aromatic N) is 7. The number of hydrogen-bond donors (Lipinski definition) is 8. The van der Waals surface area contributed by atoms with Gasteiger partial charge in [0, 0.05) is 144 Å². The number of piperazine rings is 1. The normalized spacial score (nSPS) is 16.1. The van der Waals surface area contributed by atoms with Gasteiger partial charge in [-0.15, -0.1) is 34.0 Å². The lowest BCUT2D eigenvalue weighted by atomic mass is 10.0. The molecule has 3 fully saturated rings. The van der Waals surface area contributed by atoms with E-state index in [1.54, 1.807) is 46.0 Å². The molecule has 3 aliphatic heterocycles. The summed E-state index contributed by atoms with van der Waals surface area (Å²) in [6.07, 6.45) is -0.832. The molecule has 0 saturated carbocycles. The first-order valence-electron chi connectivity index (χ1n) is 37.6. The number of nitrogens with one attached hydrogen (secondary N) is 5. The van der Waals surface area contributed by atoms with Crippen LogP contribution in [0.5, 0.6) is 0 Å². The number of rotatable bonds is 29. The maximum Gasteiger partial charge on any atom is 0.262 e. The molecule has 3 aliphatic rings. The summed E-state index contributed by atoms with van der Waals surface area (Å²) in [5.41, 5.74) is 8.10. The largest absolute Gasteiger partial charge is 0.392 e. The molecule has 9 aromatic rings. The summed E-state index contributed by atoms with van der Waals surface area (Å²) < 4.78 is 66.2. The van der Waals surface area contributed by atoms with E-state index in [9.17, 15) is 52.7 Å². The van der Waals surface area contributed by atoms with Crippen molar-refractivity contribution < 1.29 is 46.4 Å². The molecule has 0 aliphatic carbocycles. The van der Waals surface area contributed by atoms with E-state index in [0.717, 1.165) is 174 Å². The summed E-state index contributed by atoms with van der Waals surface area (Å²) in [7, 11) is -5.89. The highest BCUT2D eigenvalue weighted by Crippen LogP contribution is 2.39. The number of thiophene rings is 3. The zero-order valence-electron chi connectivity index (χ0n) is 64.0. The Bertz CT molecular complexity index is 5170. The third-order valence-corrected chi connectivity index (χ3v) is 26.7. The number of allylic oxidation sites excluding steroid dienone is 5. The van der Waals surface area contributed by atoms with Crippen LogP contribution in [0.25, 0.3) is 80.4 Å². The first-order chi connectivity index (χ1) is 53.5. The molecule has 8 N–H and O–H groups in total. The Morgan fingerprint density at radius 1 is 0.468 bits per heavy atom. The summed E-state index contributed by atoms with van der Waals surface area (Å²) in [6.45, 7) is 25.5. The van der Waals surface area contributed by atoms with Gasteiger partial charge in [-0.1, -0.05) is 75.4 Å². The van der Waals surface area contributed by atoms with Crippen molar-refractivity contribution in [1.82, 2.24) is 29.5 Å². The SMILES string of the molecule is CCC(O)CNC(=O)/C(C#N)=C(\C)c1ccc(-c2ccc3cc(NCCN4CCOCC4)ccc3c2)s1.CCC(O)CNS(=O)(=O)/C(C#N)=C(\C)c1ccc(-c2ccc3cc(N4CCN(C)CC4)ccc3c2)s1.CCC(O)CNS(=O)(=O)/C(C#N)=C(\C)c1ccc(-c2ccc3cc(NCCN4CCOCC4)ccc3c2)s1. The van der Waals surface area contributed by atoms with E-state index in [2.05, 4.69) is 161 Å². The van der Waals surface area contributed by atoms with E-state index in [0.29, 0.717) is 45.7 Å². The number of aliphatic hydroxyl groups excluding tert-OH is 3. The van der Waals surface area contributed by atoms with Gasteiger partial charge in [0.25, 0.3) is 26.0 Å². The second kappa shape index (κ2) is 40.6. The Hall–Kier alpha value is -8.74. The molecular formula is C84H100N12O10S5. The van der Waals surface area contributed by atoms with Crippen LogP contribution in [0.4, 0.5) is 17.1 Å². The summed E-state index contributed by atoms with van der Waals surface area (Å²) in [5, 5.41) is 74.5. The van der Waals surface area contributed by atoms with Crippen LogP contribution in [0.2, 0.25) is 0 Å². The van der Waals surface area contributed by atoms with Gasteiger partial charge in [-0.05, 0) is 204 Å². The van der Waals surface area contributed by atoms with E-state index in [4.69, 9.17) is 9.47 Å². The highest BCUT2D eigenvalue weighted by atomic mass is 32.2. The van der Waals surface area contributed by atoms with Crippen molar-refractivity contribution in [2.45, 2.75) is 79.1 Å². The number of aliphatic hydroxyl groups is 3. The van der Waals surface area contributed by atoms with Crippen LogP contribution < -0.4 is 30.3 Å². The monoisotopic (exact) mass is 1600 g/mol. The number of benzene rings is 6. The molecule has 3 aromatic heterocycles. The van der Waals surface area contributed by atoms with Crippen LogP contribution in [0.15, 0.2) is 161 Å². The van der Waals surface area contributed by atoms with Crippen molar-refractivity contribution >= 4 is 126 Å². The average Bonchev–Trinajstić information content (AvgIpc) is 1.76. The third kappa shape index (κ3) is 23.2. The second-order valence-corrected chi connectivity index (χ2v) is 34.3. The fourth-order valence-electron chi connectivity index (χ4n) is 12.7. The topological polar surface area (TPSA) is 309 Å². The Balaban J connectivity index is 0.000000177. The van der Waals surface area contributed by atoms with Crippen LogP contribution in [0.3, 0.4) is 0 Å². The van der Waals surface area contributed by atoms with Crippen molar-refractivity contribution in [2.75, 3.05) is 147 Å². The molecular weight excluding hydrogens is 1500 g/mol. The van der Waals surface area contributed by atoms with E-state index in [-0.39, 0.29) is 35.0 Å².